The van der Waals surface area contributed by atoms with Gasteiger partial charge in [-0.25, -0.2) is 4.79 Å². The average Bonchev–Trinajstić information content (AvgIpc) is 2.70. The Morgan fingerprint density at radius 3 is 2.56 bits per heavy atom. The standard InChI is InChI=1S/C19H19N3O5/c1-27-18(23)10-8-14-7-9-16(17(13-14)22(25)26)20-11-12-21-19(24)15-5-3-2-4-6-15/h2-10,13,20H,11-12H2,1H3,(H,21,24)/b10-8+. The molecule has 0 bridgehead atoms. The molecule has 8 heteroatoms. The zero-order valence-electron chi connectivity index (χ0n) is 14.7. The number of rotatable bonds is 8. The van der Waals surface area contributed by atoms with E-state index in [0.29, 0.717) is 29.9 Å². The molecule has 0 spiro atoms. The van der Waals surface area contributed by atoms with Gasteiger partial charge in [-0.05, 0) is 29.8 Å². The number of anilines is 1. The van der Waals surface area contributed by atoms with Crippen molar-refractivity contribution in [2.75, 3.05) is 25.5 Å². The van der Waals surface area contributed by atoms with Gasteiger partial charge in [0.25, 0.3) is 11.6 Å². The first-order valence-corrected chi connectivity index (χ1v) is 8.13. The number of nitro benzene ring substituents is 1. The van der Waals surface area contributed by atoms with Crippen LogP contribution in [0.2, 0.25) is 0 Å². The van der Waals surface area contributed by atoms with Gasteiger partial charge in [0.05, 0.1) is 12.0 Å². The van der Waals surface area contributed by atoms with Crippen LogP contribution in [-0.4, -0.2) is 37.0 Å². The number of benzene rings is 2. The largest absolute Gasteiger partial charge is 0.466 e. The molecule has 0 fully saturated rings. The van der Waals surface area contributed by atoms with Gasteiger partial charge in [-0.1, -0.05) is 24.3 Å². The maximum atomic E-state index is 11.9. The van der Waals surface area contributed by atoms with Crippen LogP contribution in [0.3, 0.4) is 0 Å². The van der Waals surface area contributed by atoms with Crippen LogP contribution in [0.5, 0.6) is 0 Å². The van der Waals surface area contributed by atoms with E-state index in [1.54, 1.807) is 36.4 Å². The molecular weight excluding hydrogens is 350 g/mol. The van der Waals surface area contributed by atoms with Gasteiger partial charge in [0.15, 0.2) is 0 Å². The van der Waals surface area contributed by atoms with Crippen LogP contribution in [0.4, 0.5) is 11.4 Å². The fraction of sp³-hybridized carbons (Fsp3) is 0.158. The Bertz CT molecular complexity index is 850. The summed E-state index contributed by atoms with van der Waals surface area (Å²) in [6.45, 7) is 0.617. The first kappa shape index (κ1) is 19.6. The normalized spacial score (nSPS) is 10.4. The molecule has 0 aliphatic rings. The Morgan fingerprint density at radius 2 is 1.89 bits per heavy atom. The van der Waals surface area contributed by atoms with E-state index >= 15 is 0 Å². The van der Waals surface area contributed by atoms with E-state index in [4.69, 9.17) is 0 Å². The third-order valence-corrected chi connectivity index (χ3v) is 3.59. The van der Waals surface area contributed by atoms with Crippen molar-refractivity contribution in [3.8, 4) is 0 Å². The highest BCUT2D eigenvalue weighted by Gasteiger charge is 2.14. The molecular formula is C19H19N3O5. The third kappa shape index (κ3) is 5.96. The predicted octanol–water partition coefficient (Wildman–Crippen LogP) is 2.62. The van der Waals surface area contributed by atoms with E-state index < -0.39 is 10.9 Å². The van der Waals surface area contributed by atoms with Gasteiger partial charge >= 0.3 is 5.97 Å². The monoisotopic (exact) mass is 369 g/mol. The van der Waals surface area contributed by atoms with Crippen molar-refractivity contribution in [2.24, 2.45) is 0 Å². The lowest BCUT2D eigenvalue weighted by atomic mass is 10.1. The molecule has 8 nitrogen and oxygen atoms in total. The van der Waals surface area contributed by atoms with Gasteiger partial charge in [0.1, 0.15) is 5.69 Å². The van der Waals surface area contributed by atoms with Gasteiger partial charge in [0.2, 0.25) is 0 Å². The number of nitrogens with zero attached hydrogens (tertiary/aromatic N) is 1. The van der Waals surface area contributed by atoms with Crippen molar-refractivity contribution in [3.05, 3.63) is 75.8 Å². The summed E-state index contributed by atoms with van der Waals surface area (Å²) in [6, 6.07) is 13.3. The molecule has 2 N–H and O–H groups in total. The second kappa shape index (κ2) is 9.71. The van der Waals surface area contributed by atoms with Gasteiger partial charge in [-0.15, -0.1) is 0 Å². The molecule has 0 radical (unpaired) electrons. The molecule has 0 saturated carbocycles. The van der Waals surface area contributed by atoms with Crippen LogP contribution in [0.25, 0.3) is 6.08 Å². The highest BCUT2D eigenvalue weighted by Crippen LogP contribution is 2.26. The van der Waals surface area contributed by atoms with Crippen LogP contribution in [0.1, 0.15) is 15.9 Å². The van der Waals surface area contributed by atoms with E-state index in [-0.39, 0.29) is 11.6 Å². The second-order valence-electron chi connectivity index (χ2n) is 5.44. The molecule has 140 valence electrons. The Morgan fingerprint density at radius 1 is 1.15 bits per heavy atom. The summed E-state index contributed by atoms with van der Waals surface area (Å²) in [7, 11) is 1.25. The molecule has 0 atom stereocenters. The number of carbonyl (C=O) groups excluding carboxylic acids is 2. The molecule has 2 aromatic carbocycles. The molecule has 0 aliphatic carbocycles. The van der Waals surface area contributed by atoms with Crippen LogP contribution in [0.15, 0.2) is 54.6 Å². The first-order chi connectivity index (χ1) is 13.0. The maximum Gasteiger partial charge on any atom is 0.330 e. The molecule has 0 aromatic heterocycles. The number of hydrogen-bond acceptors (Lipinski definition) is 6. The summed E-state index contributed by atoms with van der Waals surface area (Å²) in [6.07, 6.45) is 2.62. The topological polar surface area (TPSA) is 111 Å². The van der Waals surface area contributed by atoms with Gasteiger partial charge in [-0.3, -0.25) is 14.9 Å². The lowest BCUT2D eigenvalue weighted by Crippen LogP contribution is -2.28. The van der Waals surface area contributed by atoms with Crippen molar-refractivity contribution in [1.82, 2.24) is 5.32 Å². The zero-order valence-corrected chi connectivity index (χ0v) is 14.7. The van der Waals surface area contributed by atoms with Gasteiger partial charge in [-0.2, -0.15) is 0 Å². The van der Waals surface area contributed by atoms with Crippen molar-refractivity contribution in [1.29, 1.82) is 0 Å². The van der Waals surface area contributed by atoms with Crippen molar-refractivity contribution >= 4 is 29.3 Å². The lowest BCUT2D eigenvalue weighted by Gasteiger charge is -2.09. The van der Waals surface area contributed by atoms with Crippen molar-refractivity contribution < 1.29 is 19.2 Å². The van der Waals surface area contributed by atoms with Crippen LogP contribution in [-0.2, 0) is 9.53 Å². The van der Waals surface area contributed by atoms with Crippen molar-refractivity contribution in [3.63, 3.8) is 0 Å². The van der Waals surface area contributed by atoms with Crippen LogP contribution < -0.4 is 10.6 Å². The van der Waals surface area contributed by atoms with Gasteiger partial charge in [0, 0.05) is 30.8 Å². The summed E-state index contributed by atoms with van der Waals surface area (Å²) in [5.74, 6) is -0.760. The zero-order chi connectivity index (χ0) is 19.6. The Labute approximate surface area is 156 Å². The first-order valence-electron chi connectivity index (χ1n) is 8.13. The van der Waals surface area contributed by atoms with Crippen LogP contribution in [0, 0.1) is 10.1 Å². The molecule has 0 heterocycles. The SMILES string of the molecule is COC(=O)/C=C/c1ccc(NCCNC(=O)c2ccccc2)c([N+](=O)[O-])c1. The predicted molar refractivity (Wildman–Crippen MR) is 101 cm³/mol. The van der Waals surface area contributed by atoms with E-state index in [9.17, 15) is 19.7 Å². The molecule has 0 saturated heterocycles. The van der Waals surface area contributed by atoms with Gasteiger partial charge < -0.3 is 15.4 Å². The number of nitro groups is 1. The minimum absolute atomic E-state index is 0.128. The number of esters is 1. The fourth-order valence-electron chi connectivity index (χ4n) is 2.25. The molecule has 1 amide bonds. The quantitative estimate of drug-likeness (QED) is 0.243. The Balaban J connectivity index is 1.95. The summed E-state index contributed by atoms with van der Waals surface area (Å²) >= 11 is 0. The number of amides is 1. The van der Waals surface area contributed by atoms with Crippen LogP contribution >= 0.6 is 0 Å². The number of methoxy groups -OCH3 is 1. The minimum Gasteiger partial charge on any atom is -0.466 e. The Kier molecular flexibility index (Phi) is 7.07. The van der Waals surface area contributed by atoms with E-state index in [2.05, 4.69) is 15.4 Å². The summed E-state index contributed by atoms with van der Waals surface area (Å²) in [5.41, 5.74) is 1.24. The van der Waals surface area contributed by atoms with E-state index in [1.165, 1.54) is 25.3 Å². The number of carbonyl (C=O) groups is 2. The number of ether oxygens (including phenoxy) is 1. The van der Waals surface area contributed by atoms with E-state index in [1.807, 2.05) is 6.07 Å². The fourth-order valence-corrected chi connectivity index (χ4v) is 2.25. The molecule has 27 heavy (non-hydrogen) atoms. The average molecular weight is 369 g/mol. The lowest BCUT2D eigenvalue weighted by molar-refractivity contribution is -0.384. The smallest absolute Gasteiger partial charge is 0.330 e. The van der Waals surface area contributed by atoms with Crippen molar-refractivity contribution in [2.45, 2.75) is 0 Å². The molecule has 0 aliphatic heterocycles. The summed E-state index contributed by atoms with van der Waals surface area (Å²) < 4.78 is 4.48. The summed E-state index contributed by atoms with van der Waals surface area (Å²) in [5, 5.41) is 16.9. The third-order valence-electron chi connectivity index (χ3n) is 3.59. The second-order valence-corrected chi connectivity index (χ2v) is 5.44. The molecule has 0 unspecified atom stereocenters. The highest BCUT2D eigenvalue weighted by atomic mass is 16.6. The van der Waals surface area contributed by atoms with E-state index in [0.717, 1.165) is 0 Å². The molecule has 2 rings (SSSR count). The number of hydrogen-bond donors (Lipinski definition) is 2. The number of nitrogens with one attached hydrogen (secondary N) is 2. The molecule has 2 aromatic rings. The maximum absolute atomic E-state index is 11.9. The Hall–Kier alpha value is -3.68. The summed E-state index contributed by atoms with van der Waals surface area (Å²) in [4.78, 5) is 33.8. The highest BCUT2D eigenvalue weighted by molar-refractivity contribution is 5.94. The minimum atomic E-state index is -0.547.